The Balaban J connectivity index is 2.07. The smallest absolute Gasteiger partial charge is 0.244 e. The van der Waals surface area contributed by atoms with Gasteiger partial charge in [-0.1, -0.05) is 28.1 Å². The number of methoxy groups -OCH3 is 1. The minimum atomic E-state index is -0.258. The van der Waals surface area contributed by atoms with Gasteiger partial charge in [-0.25, -0.2) is 5.43 Å². The normalized spacial score (nSPS) is 10.8. The Labute approximate surface area is 164 Å². The van der Waals surface area contributed by atoms with E-state index in [1.54, 1.807) is 6.07 Å². The van der Waals surface area contributed by atoms with Crippen molar-refractivity contribution >= 4 is 59.9 Å². The summed E-state index contributed by atoms with van der Waals surface area (Å²) < 4.78 is 7.33. The lowest BCUT2D eigenvalue weighted by Gasteiger charge is -2.09. The Hall–Kier alpha value is -1.38. The molecule has 0 spiro atoms. The number of amides is 1. The van der Waals surface area contributed by atoms with Gasteiger partial charge in [0.25, 0.3) is 0 Å². The van der Waals surface area contributed by atoms with Crippen LogP contribution in [0.15, 0.2) is 48.9 Å². The number of hydrogen-bond donors (Lipinski definition) is 2. The molecular formula is C16H13Br3N2O3. The molecule has 5 nitrogen and oxygen atoms in total. The fourth-order valence-electron chi connectivity index (χ4n) is 1.88. The van der Waals surface area contributed by atoms with Gasteiger partial charge in [-0.15, -0.1) is 0 Å². The molecule has 0 aromatic heterocycles. The molecule has 0 heterocycles. The van der Waals surface area contributed by atoms with Crippen molar-refractivity contribution < 1.29 is 14.6 Å². The maximum atomic E-state index is 11.9. The molecule has 24 heavy (non-hydrogen) atoms. The van der Waals surface area contributed by atoms with Crippen LogP contribution in [0.1, 0.15) is 11.1 Å². The molecule has 1 amide bonds. The topological polar surface area (TPSA) is 70.9 Å². The quantitative estimate of drug-likeness (QED) is 0.454. The molecule has 2 N–H and O–H groups in total. The molecule has 0 saturated heterocycles. The van der Waals surface area contributed by atoms with E-state index in [4.69, 9.17) is 4.74 Å². The van der Waals surface area contributed by atoms with Gasteiger partial charge in [-0.2, -0.15) is 5.10 Å². The molecule has 0 radical (unpaired) electrons. The molecule has 2 rings (SSSR count). The Morgan fingerprint density at radius 2 is 1.96 bits per heavy atom. The third kappa shape index (κ3) is 4.81. The Kier molecular flexibility index (Phi) is 6.82. The van der Waals surface area contributed by atoms with Crippen molar-refractivity contribution in [3.63, 3.8) is 0 Å². The highest BCUT2D eigenvalue weighted by molar-refractivity contribution is 9.13. The highest BCUT2D eigenvalue weighted by atomic mass is 79.9. The number of carbonyl (C=O) groups is 1. The van der Waals surface area contributed by atoms with E-state index in [9.17, 15) is 9.90 Å². The van der Waals surface area contributed by atoms with Crippen molar-refractivity contribution in [3.05, 3.63) is 54.9 Å². The number of aromatic hydroxyl groups is 1. The Morgan fingerprint density at radius 3 is 2.58 bits per heavy atom. The van der Waals surface area contributed by atoms with Gasteiger partial charge in [0, 0.05) is 13.4 Å². The second-order valence-electron chi connectivity index (χ2n) is 4.73. The van der Waals surface area contributed by atoms with E-state index in [-0.39, 0.29) is 18.1 Å². The summed E-state index contributed by atoms with van der Waals surface area (Å²) in [4.78, 5) is 11.9. The first kappa shape index (κ1) is 19.0. The molecule has 2 aromatic carbocycles. The highest BCUT2D eigenvalue weighted by Crippen LogP contribution is 2.39. The second kappa shape index (κ2) is 8.64. The maximum Gasteiger partial charge on any atom is 0.244 e. The molecule has 2 aromatic rings. The fourth-order valence-corrected chi connectivity index (χ4v) is 2.97. The predicted molar refractivity (Wildman–Crippen MR) is 104 cm³/mol. The number of phenols is 1. The van der Waals surface area contributed by atoms with E-state index >= 15 is 0 Å². The summed E-state index contributed by atoms with van der Waals surface area (Å²) in [7, 11) is 1.45. The molecule has 0 unspecified atom stereocenters. The van der Waals surface area contributed by atoms with E-state index < -0.39 is 0 Å². The predicted octanol–water partition coefficient (Wildman–Crippen LogP) is 4.38. The molecule has 0 bridgehead atoms. The van der Waals surface area contributed by atoms with Crippen LogP contribution in [0.5, 0.6) is 11.5 Å². The summed E-state index contributed by atoms with van der Waals surface area (Å²) in [6.07, 6.45) is 1.56. The number of hydrazone groups is 1. The van der Waals surface area contributed by atoms with Gasteiger partial charge >= 0.3 is 0 Å². The number of nitrogens with one attached hydrogen (secondary N) is 1. The first-order valence-corrected chi connectivity index (χ1v) is 9.11. The zero-order valence-electron chi connectivity index (χ0n) is 12.5. The van der Waals surface area contributed by atoms with Gasteiger partial charge in [0.2, 0.25) is 5.91 Å². The van der Waals surface area contributed by atoms with Gasteiger partial charge in [0.1, 0.15) is 0 Å². The number of carbonyl (C=O) groups excluding carboxylic acids is 1. The van der Waals surface area contributed by atoms with Crippen molar-refractivity contribution in [3.8, 4) is 11.5 Å². The standard InChI is InChI=1S/C16H13Br3N2O3/c1-24-13-7-12(18)15(19)11(16(13)23)8-20-21-14(22)6-9-2-4-10(17)5-3-9/h2-5,7-8,23H,6H2,1H3,(H,21,22)/b20-8-. The zero-order valence-corrected chi connectivity index (χ0v) is 17.3. The maximum absolute atomic E-state index is 11.9. The van der Waals surface area contributed by atoms with Gasteiger partial charge in [-0.05, 0) is 55.6 Å². The number of benzene rings is 2. The van der Waals surface area contributed by atoms with Crippen molar-refractivity contribution in [1.29, 1.82) is 0 Å². The van der Waals surface area contributed by atoms with Crippen LogP contribution in [0, 0.1) is 0 Å². The average Bonchev–Trinajstić information content (AvgIpc) is 2.56. The van der Waals surface area contributed by atoms with Crippen LogP contribution in [0.2, 0.25) is 0 Å². The van der Waals surface area contributed by atoms with Crippen molar-refractivity contribution in [2.24, 2.45) is 5.10 Å². The minimum absolute atomic E-state index is 0.0708. The molecule has 0 saturated carbocycles. The minimum Gasteiger partial charge on any atom is -0.504 e. The summed E-state index contributed by atoms with van der Waals surface area (Å²) in [6, 6.07) is 9.08. The number of hydrogen-bond acceptors (Lipinski definition) is 4. The van der Waals surface area contributed by atoms with E-state index in [1.807, 2.05) is 24.3 Å². The van der Waals surface area contributed by atoms with Crippen LogP contribution in [-0.4, -0.2) is 24.3 Å². The molecule has 8 heteroatoms. The number of halogens is 3. The van der Waals surface area contributed by atoms with E-state index in [0.717, 1.165) is 10.0 Å². The molecule has 0 fully saturated rings. The van der Waals surface area contributed by atoms with E-state index in [0.29, 0.717) is 20.3 Å². The summed E-state index contributed by atoms with van der Waals surface area (Å²) in [5, 5.41) is 14.0. The first-order valence-electron chi connectivity index (χ1n) is 6.73. The average molecular weight is 521 g/mol. The van der Waals surface area contributed by atoms with Crippen molar-refractivity contribution in [1.82, 2.24) is 5.43 Å². The molecule has 0 aliphatic rings. The van der Waals surface area contributed by atoms with Crippen molar-refractivity contribution in [2.45, 2.75) is 6.42 Å². The molecule has 0 aliphatic carbocycles. The Morgan fingerprint density at radius 1 is 1.29 bits per heavy atom. The van der Waals surface area contributed by atoms with Crippen molar-refractivity contribution in [2.75, 3.05) is 7.11 Å². The zero-order chi connectivity index (χ0) is 17.7. The molecular weight excluding hydrogens is 508 g/mol. The van der Waals surface area contributed by atoms with Crippen LogP contribution in [0.4, 0.5) is 0 Å². The number of ether oxygens (including phenoxy) is 1. The SMILES string of the molecule is COc1cc(Br)c(Br)c(/C=N\NC(=O)Cc2ccc(Br)cc2)c1O. The fraction of sp³-hybridized carbons (Fsp3) is 0.125. The molecule has 0 aliphatic heterocycles. The molecule has 126 valence electrons. The lowest BCUT2D eigenvalue weighted by Crippen LogP contribution is -2.19. The van der Waals surface area contributed by atoms with Crippen LogP contribution in [-0.2, 0) is 11.2 Å². The van der Waals surface area contributed by atoms with Gasteiger partial charge in [0.05, 0.1) is 25.3 Å². The summed E-state index contributed by atoms with van der Waals surface area (Å²) >= 11 is 10.0. The summed E-state index contributed by atoms with van der Waals surface area (Å²) in [6.45, 7) is 0. The third-order valence-corrected chi connectivity index (χ3v) is 5.61. The number of nitrogens with zero attached hydrogens (tertiary/aromatic N) is 1. The van der Waals surface area contributed by atoms with E-state index in [2.05, 4.69) is 58.3 Å². The van der Waals surface area contributed by atoms with Gasteiger partial charge < -0.3 is 9.84 Å². The number of rotatable bonds is 5. The van der Waals surface area contributed by atoms with Gasteiger partial charge in [0.15, 0.2) is 11.5 Å². The summed E-state index contributed by atoms with van der Waals surface area (Å²) in [5.41, 5.74) is 3.70. The van der Waals surface area contributed by atoms with Gasteiger partial charge in [-0.3, -0.25) is 4.79 Å². The van der Waals surface area contributed by atoms with E-state index in [1.165, 1.54) is 13.3 Å². The number of phenolic OH excluding ortho intramolecular Hbond substituents is 1. The second-order valence-corrected chi connectivity index (χ2v) is 7.30. The first-order chi connectivity index (χ1) is 11.4. The largest absolute Gasteiger partial charge is 0.504 e. The third-order valence-electron chi connectivity index (χ3n) is 3.07. The van der Waals surface area contributed by atoms with Crippen LogP contribution in [0.3, 0.4) is 0 Å². The van der Waals surface area contributed by atoms with Crippen LogP contribution >= 0.6 is 47.8 Å². The van der Waals surface area contributed by atoms with Crippen LogP contribution in [0.25, 0.3) is 0 Å². The lowest BCUT2D eigenvalue weighted by atomic mass is 10.1. The lowest BCUT2D eigenvalue weighted by molar-refractivity contribution is -0.120. The highest BCUT2D eigenvalue weighted by Gasteiger charge is 2.14. The molecule has 0 atom stereocenters. The Bertz CT molecular complexity index is 777. The monoisotopic (exact) mass is 518 g/mol. The summed E-state index contributed by atoms with van der Waals surface area (Å²) in [5.74, 6) is -0.0302. The van der Waals surface area contributed by atoms with Crippen LogP contribution < -0.4 is 10.2 Å².